The van der Waals surface area contributed by atoms with E-state index < -0.39 is 24.1 Å². The van der Waals surface area contributed by atoms with Crippen LogP contribution in [0.1, 0.15) is 25.3 Å². The van der Waals surface area contributed by atoms with Crippen LogP contribution < -0.4 is 10.2 Å². The van der Waals surface area contributed by atoms with Gasteiger partial charge in [0, 0.05) is 25.6 Å². The van der Waals surface area contributed by atoms with Gasteiger partial charge in [0.05, 0.1) is 18.8 Å². The van der Waals surface area contributed by atoms with E-state index in [1.165, 1.54) is 22.8 Å². The average Bonchev–Trinajstić information content (AvgIpc) is 2.85. The summed E-state index contributed by atoms with van der Waals surface area (Å²) in [6.45, 7) is 2.42. The fourth-order valence-electron chi connectivity index (χ4n) is 3.32. The molecule has 0 unspecified atom stereocenters. The van der Waals surface area contributed by atoms with Crippen molar-refractivity contribution in [3.8, 4) is 0 Å². The van der Waals surface area contributed by atoms with Crippen molar-refractivity contribution in [3.05, 3.63) is 35.7 Å². The van der Waals surface area contributed by atoms with Crippen LogP contribution in [0, 0.1) is 5.82 Å². The fourth-order valence-corrected chi connectivity index (χ4v) is 3.32. The molecule has 2 heterocycles. The number of halogens is 1. The largest absolute Gasteiger partial charge is 0.465 e. The first kappa shape index (κ1) is 19.7. The molecule has 0 radical (unpaired) electrons. The predicted molar refractivity (Wildman–Crippen MR) is 99.5 cm³/mol. The first-order valence-electron chi connectivity index (χ1n) is 9.04. The Bertz CT molecular complexity index is 826. The van der Waals surface area contributed by atoms with E-state index in [-0.39, 0.29) is 25.5 Å². The summed E-state index contributed by atoms with van der Waals surface area (Å²) in [5.74, 6) is -0.700. The van der Waals surface area contributed by atoms with Gasteiger partial charge in [-0.15, -0.1) is 0 Å². The molecule has 3 amide bonds. The van der Waals surface area contributed by atoms with E-state index >= 15 is 0 Å². The van der Waals surface area contributed by atoms with Gasteiger partial charge in [0.2, 0.25) is 5.91 Å². The number of carbonyl (C=O) groups excluding carboxylic acids is 2. The molecule has 2 aliphatic rings. The number of nitrogens with zero attached hydrogens (tertiary/aromatic N) is 2. The number of nitrogens with one attached hydrogen (secondary N) is 1. The molecule has 1 atom stereocenters. The van der Waals surface area contributed by atoms with E-state index in [4.69, 9.17) is 9.84 Å². The van der Waals surface area contributed by atoms with Gasteiger partial charge >= 0.3 is 12.2 Å². The Morgan fingerprint density at radius 1 is 1.39 bits per heavy atom. The van der Waals surface area contributed by atoms with E-state index in [2.05, 4.69) is 5.32 Å². The van der Waals surface area contributed by atoms with Crippen molar-refractivity contribution in [1.82, 2.24) is 10.2 Å². The number of allylic oxidation sites excluding steroid dienone is 1. The van der Waals surface area contributed by atoms with Gasteiger partial charge in [0.15, 0.2) is 0 Å². The third-order valence-corrected chi connectivity index (χ3v) is 4.77. The second kappa shape index (κ2) is 8.28. The van der Waals surface area contributed by atoms with Crippen LogP contribution in [0.15, 0.2) is 24.3 Å². The molecule has 0 bridgehead atoms. The molecule has 1 saturated heterocycles. The van der Waals surface area contributed by atoms with Crippen molar-refractivity contribution in [1.29, 1.82) is 0 Å². The third kappa shape index (κ3) is 4.41. The van der Waals surface area contributed by atoms with E-state index in [1.807, 2.05) is 0 Å². The Morgan fingerprint density at radius 3 is 2.86 bits per heavy atom. The summed E-state index contributed by atoms with van der Waals surface area (Å²) in [6.07, 6.45) is 0.841. The topological polar surface area (TPSA) is 99.2 Å². The van der Waals surface area contributed by atoms with Crippen LogP contribution in [0.25, 0.3) is 5.57 Å². The predicted octanol–water partition coefficient (Wildman–Crippen LogP) is 2.44. The molecule has 1 aromatic rings. The number of amides is 3. The quantitative estimate of drug-likeness (QED) is 0.821. The summed E-state index contributed by atoms with van der Waals surface area (Å²) in [7, 11) is 0. The van der Waals surface area contributed by atoms with Crippen LogP contribution in [-0.2, 0) is 9.53 Å². The monoisotopic (exact) mass is 391 g/mol. The highest BCUT2D eigenvalue weighted by molar-refractivity contribution is 5.90. The molecule has 1 aromatic carbocycles. The van der Waals surface area contributed by atoms with Gasteiger partial charge in [-0.25, -0.2) is 14.0 Å². The normalized spacial score (nSPS) is 19.7. The van der Waals surface area contributed by atoms with Gasteiger partial charge < -0.3 is 20.1 Å². The first-order chi connectivity index (χ1) is 13.3. The van der Waals surface area contributed by atoms with E-state index in [0.717, 1.165) is 5.57 Å². The molecule has 0 aliphatic carbocycles. The van der Waals surface area contributed by atoms with Crippen molar-refractivity contribution in [2.75, 3.05) is 31.1 Å². The van der Waals surface area contributed by atoms with Crippen LogP contribution >= 0.6 is 0 Å². The number of cyclic esters (lactones) is 1. The summed E-state index contributed by atoms with van der Waals surface area (Å²) in [4.78, 5) is 36.8. The van der Waals surface area contributed by atoms with Crippen LogP contribution in [0.2, 0.25) is 0 Å². The highest BCUT2D eigenvalue weighted by Gasteiger charge is 2.32. The second-order valence-electron chi connectivity index (χ2n) is 6.78. The van der Waals surface area contributed by atoms with Crippen LogP contribution in [0.5, 0.6) is 0 Å². The Morgan fingerprint density at radius 2 is 2.18 bits per heavy atom. The molecule has 0 aromatic heterocycles. The minimum Gasteiger partial charge on any atom is -0.465 e. The Labute approximate surface area is 161 Å². The number of carbonyl (C=O) groups is 3. The molecule has 9 heteroatoms. The van der Waals surface area contributed by atoms with Crippen molar-refractivity contribution >= 4 is 29.4 Å². The van der Waals surface area contributed by atoms with Crippen molar-refractivity contribution < 1.29 is 28.6 Å². The molecular weight excluding hydrogens is 369 g/mol. The van der Waals surface area contributed by atoms with Crippen LogP contribution in [0.3, 0.4) is 0 Å². The Balaban J connectivity index is 1.73. The maximum absolute atomic E-state index is 14.7. The smallest absolute Gasteiger partial charge is 0.414 e. The number of rotatable bonds is 4. The zero-order chi connectivity index (χ0) is 20.3. The van der Waals surface area contributed by atoms with Crippen molar-refractivity contribution in [3.63, 3.8) is 0 Å². The summed E-state index contributed by atoms with van der Waals surface area (Å²) >= 11 is 0. The molecular formula is C19H22FN3O5. The van der Waals surface area contributed by atoms with Gasteiger partial charge in [-0.05, 0) is 36.6 Å². The number of hydrogen-bond donors (Lipinski definition) is 2. The van der Waals surface area contributed by atoms with Gasteiger partial charge in [0.1, 0.15) is 11.9 Å². The van der Waals surface area contributed by atoms with Crippen molar-refractivity contribution in [2.45, 2.75) is 25.9 Å². The fraction of sp³-hybridized carbons (Fsp3) is 0.421. The van der Waals surface area contributed by atoms with E-state index in [1.54, 1.807) is 18.2 Å². The molecule has 0 saturated carbocycles. The average molecular weight is 391 g/mol. The molecule has 3 rings (SSSR count). The van der Waals surface area contributed by atoms with E-state index in [0.29, 0.717) is 30.6 Å². The lowest BCUT2D eigenvalue weighted by atomic mass is 10.00. The van der Waals surface area contributed by atoms with Gasteiger partial charge in [-0.3, -0.25) is 9.69 Å². The molecule has 2 N–H and O–H groups in total. The molecule has 8 nitrogen and oxygen atoms in total. The molecule has 2 aliphatic heterocycles. The number of ether oxygens (including phenoxy) is 1. The third-order valence-electron chi connectivity index (χ3n) is 4.77. The first-order valence-corrected chi connectivity index (χ1v) is 9.04. The number of anilines is 1. The van der Waals surface area contributed by atoms with Crippen LogP contribution in [-0.4, -0.2) is 60.4 Å². The SMILES string of the molecule is CC(=O)NC[C@H]1CN(c2ccc(C3=CCN(C(=O)O)CCC3)c(F)c2)C(=O)O1. The minimum atomic E-state index is -0.991. The van der Waals surface area contributed by atoms with Gasteiger partial charge in [-0.1, -0.05) is 6.08 Å². The van der Waals surface area contributed by atoms with Gasteiger partial charge in [-0.2, -0.15) is 0 Å². The molecule has 28 heavy (non-hydrogen) atoms. The summed E-state index contributed by atoms with van der Waals surface area (Å²) in [5, 5.41) is 11.7. The number of carboxylic acid groups (broad SMARTS) is 1. The zero-order valence-corrected chi connectivity index (χ0v) is 15.5. The molecule has 0 spiro atoms. The van der Waals surface area contributed by atoms with Gasteiger partial charge in [0.25, 0.3) is 0 Å². The zero-order valence-electron chi connectivity index (χ0n) is 15.5. The lowest BCUT2D eigenvalue weighted by molar-refractivity contribution is -0.119. The van der Waals surface area contributed by atoms with Crippen LogP contribution in [0.4, 0.5) is 19.7 Å². The maximum Gasteiger partial charge on any atom is 0.414 e. The minimum absolute atomic E-state index is 0.200. The molecule has 150 valence electrons. The van der Waals surface area contributed by atoms with Crippen molar-refractivity contribution in [2.24, 2.45) is 0 Å². The molecule has 1 fully saturated rings. The Hall–Kier alpha value is -3.10. The summed E-state index contributed by atoms with van der Waals surface area (Å²) < 4.78 is 19.9. The summed E-state index contributed by atoms with van der Waals surface area (Å²) in [6, 6.07) is 4.51. The summed E-state index contributed by atoms with van der Waals surface area (Å²) in [5.41, 5.74) is 1.52. The maximum atomic E-state index is 14.7. The number of benzene rings is 1. The highest BCUT2D eigenvalue weighted by Crippen LogP contribution is 2.29. The lowest BCUT2D eigenvalue weighted by Crippen LogP contribution is -2.33. The Kier molecular flexibility index (Phi) is 5.81. The number of hydrogen-bond acceptors (Lipinski definition) is 4. The lowest BCUT2D eigenvalue weighted by Gasteiger charge is -2.15. The highest BCUT2D eigenvalue weighted by atomic mass is 19.1. The second-order valence-corrected chi connectivity index (χ2v) is 6.78. The standard InChI is InChI=1S/C19H22FN3O5/c1-12(24)21-10-15-11-23(19(27)28-15)14-4-5-16(17(20)9-14)13-3-2-7-22(8-6-13)18(25)26/h4-6,9,15H,2-3,7-8,10-11H2,1H3,(H,21,24)(H,25,26)/t15-/m0/s1. The van der Waals surface area contributed by atoms with E-state index in [9.17, 15) is 18.8 Å².